The van der Waals surface area contributed by atoms with Gasteiger partial charge in [-0.3, -0.25) is 4.79 Å². The van der Waals surface area contributed by atoms with Crippen LogP contribution >= 0.6 is 0 Å². The number of benzene rings is 2. The number of hydrogen-bond donors (Lipinski definition) is 0. The summed E-state index contributed by atoms with van der Waals surface area (Å²) in [5.41, 5.74) is 2.97. The third-order valence-electron chi connectivity index (χ3n) is 3.35. The van der Waals surface area contributed by atoms with Gasteiger partial charge < -0.3 is 14.2 Å². The van der Waals surface area contributed by atoms with Gasteiger partial charge in [-0.2, -0.15) is 0 Å². The second-order valence-electron chi connectivity index (χ2n) is 5.32. The van der Waals surface area contributed by atoms with Crippen molar-refractivity contribution < 1.29 is 19.0 Å². The Labute approximate surface area is 137 Å². The van der Waals surface area contributed by atoms with Crippen molar-refractivity contribution >= 4 is 5.97 Å². The molecule has 0 radical (unpaired) electrons. The van der Waals surface area contributed by atoms with Crippen LogP contribution < -0.4 is 14.2 Å². The molecular weight excluding hydrogens is 292 g/mol. The molecule has 2 rings (SSSR count). The van der Waals surface area contributed by atoms with Crippen molar-refractivity contribution in [3.05, 3.63) is 53.1 Å². The number of carbonyl (C=O) groups is 1. The van der Waals surface area contributed by atoms with E-state index in [0.29, 0.717) is 18.1 Å². The van der Waals surface area contributed by atoms with Crippen LogP contribution in [-0.2, 0) is 11.4 Å². The van der Waals surface area contributed by atoms with Gasteiger partial charge in [-0.05, 0) is 44.5 Å². The van der Waals surface area contributed by atoms with Crippen LogP contribution in [0.5, 0.6) is 17.2 Å². The maximum atomic E-state index is 11.3. The van der Waals surface area contributed by atoms with Crippen molar-refractivity contribution in [2.24, 2.45) is 0 Å². The first kappa shape index (κ1) is 16.9. The number of aryl methyl sites for hydroxylation is 2. The molecule has 0 N–H and O–H groups in total. The van der Waals surface area contributed by atoms with Gasteiger partial charge in [0, 0.05) is 6.92 Å². The molecule has 4 heteroatoms. The third kappa shape index (κ3) is 4.49. The third-order valence-corrected chi connectivity index (χ3v) is 3.35. The van der Waals surface area contributed by atoms with Crippen LogP contribution in [-0.4, -0.2) is 12.6 Å². The van der Waals surface area contributed by atoms with E-state index in [2.05, 4.69) is 6.07 Å². The van der Waals surface area contributed by atoms with Gasteiger partial charge in [-0.1, -0.05) is 23.8 Å². The highest BCUT2D eigenvalue weighted by Crippen LogP contribution is 2.31. The van der Waals surface area contributed by atoms with Crippen molar-refractivity contribution in [1.82, 2.24) is 0 Å². The molecule has 0 aliphatic rings. The lowest BCUT2D eigenvalue weighted by atomic mass is 10.1. The molecule has 2 aromatic carbocycles. The molecule has 0 bridgehead atoms. The van der Waals surface area contributed by atoms with Crippen LogP contribution in [0.15, 0.2) is 36.4 Å². The number of ether oxygens (including phenoxy) is 3. The van der Waals surface area contributed by atoms with Crippen LogP contribution in [0.3, 0.4) is 0 Å². The highest BCUT2D eigenvalue weighted by Gasteiger charge is 2.14. The second-order valence-corrected chi connectivity index (χ2v) is 5.32. The summed E-state index contributed by atoms with van der Waals surface area (Å²) in [5.74, 6) is 1.56. The Bertz CT molecular complexity index is 692. The van der Waals surface area contributed by atoms with Crippen molar-refractivity contribution in [3.63, 3.8) is 0 Å². The normalized spacial score (nSPS) is 10.3. The van der Waals surface area contributed by atoms with E-state index in [-0.39, 0.29) is 12.6 Å². The second kappa shape index (κ2) is 7.68. The van der Waals surface area contributed by atoms with Gasteiger partial charge in [0.1, 0.15) is 23.9 Å². The fourth-order valence-electron chi connectivity index (χ4n) is 2.34. The van der Waals surface area contributed by atoms with E-state index in [0.717, 1.165) is 16.9 Å². The standard InChI is InChI=1S/C19H22O4/c1-5-21-18-7-6-8-19(23-15(4)20)16(18)12-22-17-10-9-13(2)11-14(17)3/h6-11H,5,12H2,1-4H3. The highest BCUT2D eigenvalue weighted by molar-refractivity contribution is 5.70. The Morgan fingerprint density at radius 1 is 1.00 bits per heavy atom. The zero-order chi connectivity index (χ0) is 16.8. The molecule has 0 aliphatic heterocycles. The molecule has 122 valence electrons. The SMILES string of the molecule is CCOc1cccc(OC(C)=O)c1COc1ccc(C)cc1C. The summed E-state index contributed by atoms with van der Waals surface area (Å²) in [6.45, 7) is 8.13. The summed E-state index contributed by atoms with van der Waals surface area (Å²) in [4.78, 5) is 11.3. The molecule has 0 saturated carbocycles. The quantitative estimate of drug-likeness (QED) is 0.592. The first-order chi connectivity index (χ1) is 11.0. The lowest BCUT2D eigenvalue weighted by Gasteiger charge is -2.16. The zero-order valence-corrected chi connectivity index (χ0v) is 14.0. The van der Waals surface area contributed by atoms with E-state index in [1.54, 1.807) is 12.1 Å². The maximum Gasteiger partial charge on any atom is 0.308 e. The van der Waals surface area contributed by atoms with E-state index in [1.807, 2.05) is 39.0 Å². The topological polar surface area (TPSA) is 44.8 Å². The molecule has 23 heavy (non-hydrogen) atoms. The van der Waals surface area contributed by atoms with Gasteiger partial charge in [-0.15, -0.1) is 0 Å². The van der Waals surface area contributed by atoms with E-state index >= 15 is 0 Å². The van der Waals surface area contributed by atoms with Crippen LogP contribution in [0, 0.1) is 13.8 Å². The molecule has 0 aromatic heterocycles. The van der Waals surface area contributed by atoms with Gasteiger partial charge in [0.2, 0.25) is 0 Å². The molecule has 0 amide bonds. The minimum atomic E-state index is -0.369. The first-order valence-electron chi connectivity index (χ1n) is 7.64. The average Bonchev–Trinajstić information content (AvgIpc) is 2.48. The smallest absolute Gasteiger partial charge is 0.308 e. The minimum absolute atomic E-state index is 0.267. The summed E-state index contributed by atoms with van der Waals surface area (Å²) in [6, 6.07) is 11.4. The number of rotatable bonds is 6. The van der Waals surface area contributed by atoms with Crippen LogP contribution in [0.4, 0.5) is 0 Å². The van der Waals surface area contributed by atoms with Crippen LogP contribution in [0.1, 0.15) is 30.5 Å². The summed E-state index contributed by atoms with van der Waals surface area (Å²) in [7, 11) is 0. The Morgan fingerprint density at radius 2 is 1.74 bits per heavy atom. The van der Waals surface area contributed by atoms with Crippen LogP contribution in [0.2, 0.25) is 0 Å². The van der Waals surface area contributed by atoms with Crippen molar-refractivity contribution in [3.8, 4) is 17.2 Å². The molecule has 2 aromatic rings. The lowest BCUT2D eigenvalue weighted by Crippen LogP contribution is -2.08. The molecule has 4 nitrogen and oxygen atoms in total. The lowest BCUT2D eigenvalue weighted by molar-refractivity contribution is -0.131. The van der Waals surface area contributed by atoms with E-state index in [4.69, 9.17) is 14.2 Å². The Kier molecular flexibility index (Phi) is 5.63. The Balaban J connectivity index is 2.27. The fourth-order valence-corrected chi connectivity index (χ4v) is 2.34. The first-order valence-corrected chi connectivity index (χ1v) is 7.64. The molecule has 0 unspecified atom stereocenters. The molecule has 0 aliphatic carbocycles. The molecular formula is C19H22O4. The van der Waals surface area contributed by atoms with Gasteiger partial charge >= 0.3 is 5.97 Å². The van der Waals surface area contributed by atoms with Crippen molar-refractivity contribution in [2.45, 2.75) is 34.3 Å². The fraction of sp³-hybridized carbons (Fsp3) is 0.316. The summed E-state index contributed by atoms with van der Waals surface area (Å²) in [5, 5.41) is 0. The van der Waals surface area contributed by atoms with Crippen molar-refractivity contribution in [1.29, 1.82) is 0 Å². The minimum Gasteiger partial charge on any atom is -0.493 e. The van der Waals surface area contributed by atoms with Crippen LogP contribution in [0.25, 0.3) is 0 Å². The van der Waals surface area contributed by atoms with Gasteiger partial charge in [0.15, 0.2) is 0 Å². The van der Waals surface area contributed by atoms with E-state index < -0.39 is 0 Å². The summed E-state index contributed by atoms with van der Waals surface area (Å²) >= 11 is 0. The monoisotopic (exact) mass is 314 g/mol. The predicted octanol–water partition coefficient (Wildman–Crippen LogP) is 4.21. The van der Waals surface area contributed by atoms with E-state index in [9.17, 15) is 4.79 Å². The van der Waals surface area contributed by atoms with Crippen molar-refractivity contribution in [2.75, 3.05) is 6.61 Å². The average molecular weight is 314 g/mol. The zero-order valence-electron chi connectivity index (χ0n) is 14.0. The van der Waals surface area contributed by atoms with Gasteiger partial charge in [0.25, 0.3) is 0 Å². The number of carbonyl (C=O) groups excluding carboxylic acids is 1. The molecule has 0 spiro atoms. The summed E-state index contributed by atoms with van der Waals surface area (Å²) in [6.07, 6.45) is 0. The van der Waals surface area contributed by atoms with Gasteiger partial charge in [-0.25, -0.2) is 0 Å². The molecule has 0 atom stereocenters. The van der Waals surface area contributed by atoms with E-state index in [1.165, 1.54) is 12.5 Å². The van der Waals surface area contributed by atoms with Gasteiger partial charge in [0.05, 0.1) is 12.2 Å². The Morgan fingerprint density at radius 3 is 2.39 bits per heavy atom. The molecule has 0 saturated heterocycles. The molecule has 0 fully saturated rings. The summed E-state index contributed by atoms with van der Waals surface area (Å²) < 4.78 is 16.8. The number of esters is 1. The predicted molar refractivity (Wildman–Crippen MR) is 89.2 cm³/mol. The highest BCUT2D eigenvalue weighted by atomic mass is 16.5. The maximum absolute atomic E-state index is 11.3. The Hall–Kier alpha value is -2.49. The molecule has 0 heterocycles. The number of hydrogen-bond acceptors (Lipinski definition) is 4. The largest absolute Gasteiger partial charge is 0.493 e.